The number of hydrogen-bond acceptors (Lipinski definition) is 4. The molecule has 0 aliphatic carbocycles. The molecule has 3 amide bonds. The van der Waals surface area contributed by atoms with E-state index in [-0.39, 0.29) is 12.5 Å². The number of likely N-dealkylation sites (N-methyl/N-ethyl adjacent to an activating group) is 1. The summed E-state index contributed by atoms with van der Waals surface area (Å²) >= 11 is 0. The van der Waals surface area contributed by atoms with E-state index >= 15 is 0 Å². The summed E-state index contributed by atoms with van der Waals surface area (Å²) in [6.45, 7) is 0.144. The molecule has 0 bridgehead atoms. The van der Waals surface area contributed by atoms with Crippen LogP contribution in [0.3, 0.4) is 0 Å². The van der Waals surface area contributed by atoms with Crippen LogP contribution in [-0.2, 0) is 20.9 Å². The highest BCUT2D eigenvalue weighted by Gasteiger charge is 2.36. The van der Waals surface area contributed by atoms with Crippen LogP contribution in [-0.4, -0.2) is 31.9 Å². The van der Waals surface area contributed by atoms with Crippen molar-refractivity contribution in [1.82, 2.24) is 10.6 Å². The molecule has 0 saturated carbocycles. The van der Waals surface area contributed by atoms with Crippen molar-refractivity contribution in [3.8, 4) is 5.75 Å². The zero-order valence-electron chi connectivity index (χ0n) is 14.5. The average molecular weight is 353 g/mol. The lowest BCUT2D eigenvalue weighted by Gasteiger charge is -2.13. The third kappa shape index (κ3) is 3.23. The Balaban J connectivity index is 1.65. The number of anilines is 1. The lowest BCUT2D eigenvalue weighted by Crippen LogP contribution is -2.43. The summed E-state index contributed by atoms with van der Waals surface area (Å²) in [6, 6.07) is 13.5. The van der Waals surface area contributed by atoms with E-state index in [0.29, 0.717) is 11.3 Å². The van der Waals surface area contributed by atoms with Crippen LogP contribution >= 0.6 is 0 Å². The van der Waals surface area contributed by atoms with Crippen LogP contribution in [0.4, 0.5) is 5.69 Å². The molecule has 26 heavy (non-hydrogen) atoms. The first kappa shape index (κ1) is 17.5. The maximum atomic E-state index is 12.3. The van der Waals surface area contributed by atoms with Crippen LogP contribution in [0, 0.1) is 0 Å². The number of fused-ring (bicyclic) bond motifs is 1. The first-order chi connectivity index (χ1) is 12.5. The van der Waals surface area contributed by atoms with Crippen LogP contribution < -0.4 is 20.3 Å². The molecule has 2 N–H and O–H groups in total. The number of para-hydroxylation sites is 2. The summed E-state index contributed by atoms with van der Waals surface area (Å²) in [7, 11) is 3.17. The van der Waals surface area contributed by atoms with Crippen LogP contribution in [0.1, 0.15) is 17.2 Å². The molecule has 0 aromatic heterocycles. The van der Waals surface area contributed by atoms with E-state index < -0.39 is 17.9 Å². The number of benzene rings is 2. The maximum Gasteiger partial charge on any atom is 0.310 e. The first-order valence-corrected chi connectivity index (χ1v) is 8.10. The minimum atomic E-state index is -0.860. The van der Waals surface area contributed by atoms with Gasteiger partial charge >= 0.3 is 11.8 Å². The third-order valence-corrected chi connectivity index (χ3v) is 4.30. The smallest absolute Gasteiger partial charge is 0.310 e. The van der Waals surface area contributed by atoms with Crippen molar-refractivity contribution >= 4 is 23.4 Å². The molecule has 3 rings (SSSR count). The van der Waals surface area contributed by atoms with Crippen LogP contribution in [0.15, 0.2) is 48.5 Å². The highest BCUT2D eigenvalue weighted by atomic mass is 16.5. The molecule has 1 aliphatic rings. The molecular weight excluding hydrogens is 334 g/mol. The number of rotatable bonds is 4. The number of nitrogens with one attached hydrogen (secondary N) is 2. The van der Waals surface area contributed by atoms with Crippen molar-refractivity contribution < 1.29 is 19.1 Å². The Kier molecular flexibility index (Phi) is 4.88. The van der Waals surface area contributed by atoms with E-state index in [1.807, 2.05) is 18.2 Å². The number of ether oxygens (including phenoxy) is 1. The summed E-state index contributed by atoms with van der Waals surface area (Å²) in [5, 5.41) is 5.05. The first-order valence-electron chi connectivity index (χ1n) is 8.10. The van der Waals surface area contributed by atoms with E-state index in [9.17, 15) is 14.4 Å². The van der Waals surface area contributed by atoms with E-state index in [0.717, 1.165) is 11.3 Å². The predicted molar refractivity (Wildman–Crippen MR) is 95.6 cm³/mol. The quantitative estimate of drug-likeness (QED) is 0.807. The van der Waals surface area contributed by atoms with Crippen LogP contribution in [0.5, 0.6) is 5.75 Å². The molecule has 134 valence electrons. The minimum Gasteiger partial charge on any atom is -0.496 e. The molecule has 1 aliphatic heterocycles. The maximum absolute atomic E-state index is 12.3. The van der Waals surface area contributed by atoms with E-state index in [1.165, 1.54) is 12.0 Å². The van der Waals surface area contributed by atoms with E-state index in [4.69, 9.17) is 4.74 Å². The van der Waals surface area contributed by atoms with Gasteiger partial charge in [0.25, 0.3) is 5.91 Å². The standard InChI is InChI=1S/C19H19N3O4/c1-22-14-9-5-4-8-13(14)16(19(22)25)21-18(24)17(23)20-11-12-7-3-6-10-15(12)26-2/h3-10,16H,11H2,1-2H3,(H,20,23)(H,21,24)/t16-/m0/s1. The summed E-state index contributed by atoms with van der Waals surface area (Å²) in [5.74, 6) is -1.33. The monoisotopic (exact) mass is 353 g/mol. The van der Waals surface area contributed by atoms with Gasteiger partial charge in [0.05, 0.1) is 7.11 Å². The third-order valence-electron chi connectivity index (χ3n) is 4.30. The Bertz CT molecular complexity index is 865. The molecule has 0 unspecified atom stereocenters. The molecule has 2 aromatic carbocycles. The van der Waals surface area contributed by atoms with Gasteiger partial charge in [-0.15, -0.1) is 0 Å². The molecule has 7 heteroatoms. The Hall–Kier alpha value is -3.35. The second-order valence-corrected chi connectivity index (χ2v) is 5.86. The van der Waals surface area contributed by atoms with Crippen molar-refractivity contribution in [2.24, 2.45) is 0 Å². The number of nitrogens with zero attached hydrogens (tertiary/aromatic N) is 1. The molecule has 0 fully saturated rings. The number of carbonyl (C=O) groups excluding carboxylic acids is 3. The second-order valence-electron chi connectivity index (χ2n) is 5.86. The van der Waals surface area contributed by atoms with Gasteiger partial charge in [-0.05, 0) is 12.1 Å². The minimum absolute atomic E-state index is 0.144. The van der Waals surface area contributed by atoms with Gasteiger partial charge in [0.2, 0.25) is 0 Å². The molecular formula is C19H19N3O4. The van der Waals surface area contributed by atoms with Gasteiger partial charge in [-0.2, -0.15) is 0 Å². The fourth-order valence-electron chi connectivity index (χ4n) is 2.92. The topological polar surface area (TPSA) is 87.7 Å². The second kappa shape index (κ2) is 7.26. The largest absolute Gasteiger partial charge is 0.496 e. The van der Waals surface area contributed by atoms with Gasteiger partial charge in [0, 0.05) is 30.4 Å². The summed E-state index contributed by atoms with van der Waals surface area (Å²) < 4.78 is 5.21. The Morgan fingerprint density at radius 3 is 2.54 bits per heavy atom. The van der Waals surface area contributed by atoms with Gasteiger partial charge in [0.1, 0.15) is 11.8 Å². The van der Waals surface area contributed by atoms with Gasteiger partial charge in [-0.3, -0.25) is 14.4 Å². The van der Waals surface area contributed by atoms with Gasteiger partial charge in [-0.1, -0.05) is 36.4 Å². The van der Waals surface area contributed by atoms with Crippen LogP contribution in [0.25, 0.3) is 0 Å². The number of methoxy groups -OCH3 is 1. The molecule has 1 heterocycles. The Morgan fingerprint density at radius 2 is 1.77 bits per heavy atom. The molecule has 0 spiro atoms. The predicted octanol–water partition coefficient (Wildman–Crippen LogP) is 1.15. The number of hydrogen-bond donors (Lipinski definition) is 2. The van der Waals surface area contributed by atoms with Crippen molar-refractivity contribution in [2.75, 3.05) is 19.1 Å². The number of amides is 3. The molecule has 1 atom stereocenters. The zero-order chi connectivity index (χ0) is 18.7. The van der Waals surface area contributed by atoms with Gasteiger partial charge in [-0.25, -0.2) is 0 Å². The van der Waals surface area contributed by atoms with Crippen molar-refractivity contribution in [3.05, 3.63) is 59.7 Å². The van der Waals surface area contributed by atoms with Gasteiger partial charge < -0.3 is 20.3 Å². The molecule has 2 aromatic rings. The lowest BCUT2D eigenvalue weighted by molar-refractivity contribution is -0.140. The van der Waals surface area contributed by atoms with Crippen LogP contribution in [0.2, 0.25) is 0 Å². The lowest BCUT2D eigenvalue weighted by atomic mass is 10.1. The fourth-order valence-corrected chi connectivity index (χ4v) is 2.92. The highest BCUT2D eigenvalue weighted by molar-refractivity contribution is 6.35. The van der Waals surface area contributed by atoms with Crippen molar-refractivity contribution in [1.29, 1.82) is 0 Å². The molecule has 0 saturated heterocycles. The Morgan fingerprint density at radius 1 is 1.08 bits per heavy atom. The molecule has 0 radical (unpaired) electrons. The van der Waals surface area contributed by atoms with Crippen molar-refractivity contribution in [2.45, 2.75) is 12.6 Å². The SMILES string of the molecule is COc1ccccc1CNC(=O)C(=O)N[C@@H]1C(=O)N(C)c2ccccc21. The summed E-state index contributed by atoms with van der Waals surface area (Å²) in [6.07, 6.45) is 0. The fraction of sp³-hybridized carbons (Fsp3) is 0.211. The zero-order valence-corrected chi connectivity index (χ0v) is 14.5. The highest BCUT2D eigenvalue weighted by Crippen LogP contribution is 2.34. The summed E-state index contributed by atoms with van der Waals surface area (Å²) in [4.78, 5) is 38.1. The average Bonchev–Trinajstić information content (AvgIpc) is 2.91. The molecule has 7 nitrogen and oxygen atoms in total. The summed E-state index contributed by atoms with van der Waals surface area (Å²) in [5.41, 5.74) is 2.14. The van der Waals surface area contributed by atoms with Gasteiger partial charge in [0.15, 0.2) is 0 Å². The van der Waals surface area contributed by atoms with Crippen molar-refractivity contribution in [3.63, 3.8) is 0 Å². The normalized spacial score (nSPS) is 15.4. The number of carbonyl (C=O) groups is 3. The Labute approximate surface area is 150 Å². The van der Waals surface area contributed by atoms with E-state index in [2.05, 4.69) is 10.6 Å². The van der Waals surface area contributed by atoms with E-state index in [1.54, 1.807) is 37.4 Å².